The second-order valence-corrected chi connectivity index (χ2v) is 12.8. The highest BCUT2D eigenvalue weighted by Crippen LogP contribution is 2.43. The van der Waals surface area contributed by atoms with Crippen molar-refractivity contribution in [2.24, 2.45) is 15.0 Å². The lowest BCUT2D eigenvalue weighted by atomic mass is 9.95. The van der Waals surface area contributed by atoms with E-state index in [1.807, 2.05) is 75.4 Å². The van der Waals surface area contributed by atoms with Crippen molar-refractivity contribution in [3.63, 3.8) is 0 Å². The minimum Gasteiger partial charge on any atom is -0.507 e. The first-order chi connectivity index (χ1) is 23.6. The number of rotatable bonds is 6. The molecule has 0 spiro atoms. The number of aromatic nitrogens is 1. The highest BCUT2D eigenvalue weighted by atomic mass is 16.5. The molecule has 5 heterocycles. The lowest BCUT2D eigenvalue weighted by molar-refractivity contribution is -0.140. The molecule has 0 unspecified atom stereocenters. The van der Waals surface area contributed by atoms with Crippen molar-refractivity contribution in [1.29, 1.82) is 0 Å². The molecule has 2 aromatic rings. The summed E-state index contributed by atoms with van der Waals surface area (Å²) in [7, 11) is 1.38. The summed E-state index contributed by atoms with van der Waals surface area (Å²) in [6.45, 7) is 10.1. The van der Waals surface area contributed by atoms with Crippen molar-refractivity contribution in [2.75, 3.05) is 7.11 Å². The maximum atomic E-state index is 13.5. The number of allylic oxidation sites excluding steroid dienone is 8. The van der Waals surface area contributed by atoms with Gasteiger partial charge < -0.3 is 14.8 Å². The topological polar surface area (TPSA) is 116 Å². The number of esters is 1. The van der Waals surface area contributed by atoms with E-state index in [9.17, 15) is 14.7 Å². The molecule has 0 fully saturated rings. The van der Waals surface area contributed by atoms with Crippen LogP contribution in [0, 0.1) is 6.92 Å². The smallest absolute Gasteiger partial charge is 0.305 e. The molecule has 0 atom stereocenters. The Morgan fingerprint density at radius 2 is 1.69 bits per heavy atom. The predicted molar refractivity (Wildman–Crippen MR) is 195 cm³/mol. The number of hydrogen-bond acceptors (Lipinski definition) is 7. The van der Waals surface area contributed by atoms with Crippen molar-refractivity contribution in [1.82, 2.24) is 4.98 Å². The van der Waals surface area contributed by atoms with Crippen LogP contribution in [0.1, 0.15) is 70.2 Å². The number of carbonyl (C=O) groups excluding carboxylic acids is 2. The number of ketones is 1. The van der Waals surface area contributed by atoms with E-state index in [0.717, 1.165) is 73.4 Å². The molecule has 8 heteroatoms. The van der Waals surface area contributed by atoms with Gasteiger partial charge in [-0.25, -0.2) is 15.0 Å². The van der Waals surface area contributed by atoms with Crippen LogP contribution in [-0.2, 0) is 14.3 Å². The first kappa shape index (κ1) is 31.9. The van der Waals surface area contributed by atoms with Crippen LogP contribution in [0.25, 0.3) is 24.0 Å². The van der Waals surface area contributed by atoms with Gasteiger partial charge >= 0.3 is 5.97 Å². The number of benzene rings is 1. The number of methoxy groups -OCH3 is 1. The predicted octanol–water partition coefficient (Wildman–Crippen LogP) is 6.63. The number of ether oxygens (including phenoxy) is 1. The number of aliphatic imine (C=N–C) groups is 3. The largest absolute Gasteiger partial charge is 0.507 e. The molecule has 0 saturated heterocycles. The van der Waals surface area contributed by atoms with Gasteiger partial charge in [0.1, 0.15) is 5.76 Å². The second-order valence-electron chi connectivity index (χ2n) is 12.8. The summed E-state index contributed by atoms with van der Waals surface area (Å²) < 4.78 is 4.97. The molecule has 8 bridgehead atoms. The summed E-state index contributed by atoms with van der Waals surface area (Å²) in [6, 6.07) is 9.85. The number of nitrogens with one attached hydrogen (secondary N) is 1. The van der Waals surface area contributed by atoms with Crippen LogP contribution in [0.5, 0.6) is 0 Å². The third-order valence-electron chi connectivity index (χ3n) is 9.96. The second kappa shape index (κ2) is 12.4. The fourth-order valence-corrected chi connectivity index (χ4v) is 7.20. The highest BCUT2D eigenvalue weighted by Gasteiger charge is 2.39. The number of aromatic amines is 1. The molecule has 0 radical (unpaired) electrons. The van der Waals surface area contributed by atoms with E-state index in [4.69, 9.17) is 19.7 Å². The van der Waals surface area contributed by atoms with Gasteiger partial charge in [-0.2, -0.15) is 0 Å². The van der Waals surface area contributed by atoms with E-state index in [2.05, 4.69) is 18.8 Å². The van der Waals surface area contributed by atoms with E-state index in [1.54, 1.807) is 6.08 Å². The van der Waals surface area contributed by atoms with Crippen molar-refractivity contribution < 1.29 is 19.4 Å². The number of H-pyrrole nitrogens is 1. The molecule has 0 saturated carbocycles. The molecule has 7 rings (SSSR count). The van der Waals surface area contributed by atoms with Gasteiger partial charge in [0.25, 0.3) is 0 Å². The minimum absolute atomic E-state index is 0.0151. The van der Waals surface area contributed by atoms with Crippen LogP contribution in [0.15, 0.2) is 114 Å². The Morgan fingerprint density at radius 3 is 2.43 bits per heavy atom. The number of Topliss-reactive ketones (excluding diaryl/α,β-unsaturated/α-hetero) is 1. The summed E-state index contributed by atoms with van der Waals surface area (Å²) in [5.74, 6) is -0.177. The zero-order valence-electron chi connectivity index (χ0n) is 28.6. The third kappa shape index (κ3) is 5.47. The molecular weight excluding hydrogens is 612 g/mol. The Morgan fingerprint density at radius 1 is 0.939 bits per heavy atom. The number of nitrogens with zero attached hydrogens (tertiary/aromatic N) is 3. The van der Waals surface area contributed by atoms with E-state index >= 15 is 0 Å². The van der Waals surface area contributed by atoms with Gasteiger partial charge in [0, 0.05) is 34.9 Å². The van der Waals surface area contributed by atoms with Gasteiger partial charge in [0.2, 0.25) is 0 Å². The molecule has 1 aromatic carbocycles. The Bertz CT molecular complexity index is 2330. The summed E-state index contributed by atoms with van der Waals surface area (Å²) in [6.07, 6.45) is 11.1. The van der Waals surface area contributed by atoms with Crippen molar-refractivity contribution in [2.45, 2.75) is 60.3 Å². The lowest BCUT2D eigenvalue weighted by Crippen LogP contribution is -2.28. The first-order valence-electron chi connectivity index (χ1n) is 16.6. The summed E-state index contributed by atoms with van der Waals surface area (Å²) in [5.41, 5.74) is 13.2. The maximum absolute atomic E-state index is 13.5. The minimum atomic E-state index is -0.314. The van der Waals surface area contributed by atoms with Crippen LogP contribution in [0.3, 0.4) is 0 Å². The van der Waals surface area contributed by atoms with E-state index in [0.29, 0.717) is 40.0 Å². The summed E-state index contributed by atoms with van der Waals surface area (Å²) in [5, 5.41) is 13.0. The van der Waals surface area contributed by atoms with Gasteiger partial charge in [-0.05, 0) is 104 Å². The molecule has 4 aliphatic heterocycles. The molecule has 246 valence electrons. The van der Waals surface area contributed by atoms with Gasteiger partial charge in [-0.3, -0.25) is 9.59 Å². The SMILES string of the molecule is CCC1=C(C)C2=NC1=CC1=NC3=C(CC(=O)C3=C1C)C1=NC(=Cc3[nH]c(/c(=C(O)/C=C/c4ccccc4)c3C)=C2)C(C)=C1CCC(=O)OC. The van der Waals surface area contributed by atoms with Gasteiger partial charge in [-0.15, -0.1) is 0 Å². The zero-order chi connectivity index (χ0) is 34.6. The average Bonchev–Trinajstić information content (AvgIpc) is 3.85. The van der Waals surface area contributed by atoms with E-state index < -0.39 is 0 Å². The van der Waals surface area contributed by atoms with Crippen molar-refractivity contribution >= 4 is 52.9 Å². The van der Waals surface area contributed by atoms with Crippen LogP contribution in [0.4, 0.5) is 0 Å². The fourth-order valence-electron chi connectivity index (χ4n) is 7.20. The maximum Gasteiger partial charge on any atom is 0.305 e. The molecular formula is C41H38N4O4. The van der Waals surface area contributed by atoms with Gasteiger partial charge in [0.05, 0.1) is 46.7 Å². The standard InChI is InChI=1S/C41H38N4O4/c1-7-26-21(2)29-20-34-38(35(46)15-13-25-11-9-8-10-12-25)23(4)31(43-34)18-30-22(3)27(14-16-37(48)49-6)40(44-30)28-17-36(47)39-24(5)32(45-41(28)39)19-33(26)42-29/h8-13,15,18-20,43,46H,7,14,16-17H2,1-6H3/b15-13+,30-18?,33-19?,34-20?,38-35-. The molecule has 8 nitrogen and oxygen atoms in total. The van der Waals surface area contributed by atoms with Crippen molar-refractivity contribution in [3.8, 4) is 0 Å². The number of fused-ring (bicyclic) bond motifs is 5. The van der Waals surface area contributed by atoms with Crippen molar-refractivity contribution in [3.05, 3.63) is 126 Å². The monoisotopic (exact) mass is 650 g/mol. The molecule has 2 N–H and O–H groups in total. The van der Waals surface area contributed by atoms with Crippen LogP contribution < -0.4 is 10.6 Å². The summed E-state index contributed by atoms with van der Waals surface area (Å²) >= 11 is 0. The first-order valence-corrected chi connectivity index (χ1v) is 16.6. The third-order valence-corrected chi connectivity index (χ3v) is 9.96. The normalized spacial score (nSPS) is 19.1. The summed E-state index contributed by atoms with van der Waals surface area (Å²) in [4.78, 5) is 44.6. The Balaban J connectivity index is 1.52. The van der Waals surface area contributed by atoms with Gasteiger partial charge in [-0.1, -0.05) is 43.3 Å². The Labute approximate surface area is 285 Å². The molecule has 0 amide bonds. The average molecular weight is 651 g/mol. The van der Waals surface area contributed by atoms with Crippen LogP contribution in [-0.4, -0.2) is 46.1 Å². The highest BCUT2D eigenvalue weighted by molar-refractivity contribution is 6.29. The van der Waals surface area contributed by atoms with Crippen LogP contribution >= 0.6 is 0 Å². The number of carbonyl (C=O) groups is 2. The molecule has 5 aliphatic rings. The zero-order valence-corrected chi connectivity index (χ0v) is 28.6. The molecule has 1 aromatic heterocycles. The molecule has 1 aliphatic carbocycles. The number of hydrogen-bond donors (Lipinski definition) is 2. The number of aliphatic hydroxyl groups is 1. The lowest BCUT2D eigenvalue weighted by Gasteiger charge is -2.09. The van der Waals surface area contributed by atoms with E-state index in [-0.39, 0.29) is 30.4 Å². The van der Waals surface area contributed by atoms with E-state index in [1.165, 1.54) is 7.11 Å². The Hall–Kier alpha value is -5.63. The van der Waals surface area contributed by atoms with Crippen LogP contribution in [0.2, 0.25) is 0 Å². The van der Waals surface area contributed by atoms with Gasteiger partial charge in [0.15, 0.2) is 5.78 Å². The quantitative estimate of drug-likeness (QED) is 0.342. The Kier molecular flexibility index (Phi) is 8.11. The molecule has 49 heavy (non-hydrogen) atoms. The fraction of sp³-hybridized carbons (Fsp3) is 0.244. The number of aliphatic hydroxyl groups excluding tert-OH is 1.